The lowest BCUT2D eigenvalue weighted by atomic mass is 9.44. The molecule has 0 bridgehead atoms. The van der Waals surface area contributed by atoms with Crippen molar-refractivity contribution in [2.45, 2.75) is 105 Å². The van der Waals surface area contributed by atoms with Gasteiger partial charge in [-0.25, -0.2) is 0 Å². The Morgan fingerprint density at radius 3 is 1.97 bits per heavy atom. The molecule has 4 N–H and O–H groups in total. The van der Waals surface area contributed by atoms with Gasteiger partial charge in [0, 0.05) is 53.5 Å². The van der Waals surface area contributed by atoms with E-state index in [2.05, 4.69) is 89.3 Å². The minimum atomic E-state index is -0.934. The first-order valence-electron chi connectivity index (χ1n) is 12.6. The predicted molar refractivity (Wildman–Crippen MR) is 146 cm³/mol. The molecule has 1 rings (SSSR count). The Hall–Kier alpha value is -2.16. The molecule has 1 aliphatic rings. The summed E-state index contributed by atoms with van der Waals surface area (Å²) in [5, 5.41) is 23.9. The smallest absolute Gasteiger partial charge is 0.0686 e. The molecule has 0 saturated carbocycles. The number of piperidine rings is 1. The zero-order valence-electron chi connectivity index (χ0n) is 24.0. The van der Waals surface area contributed by atoms with Gasteiger partial charge in [-0.05, 0) is 54.0 Å². The third kappa shape index (κ3) is 5.41. The van der Waals surface area contributed by atoms with Gasteiger partial charge in [0.25, 0.3) is 0 Å². The van der Waals surface area contributed by atoms with Gasteiger partial charge in [0.1, 0.15) is 0 Å². The maximum absolute atomic E-state index is 9.00. The van der Waals surface area contributed by atoms with E-state index in [9.17, 15) is 0 Å². The van der Waals surface area contributed by atoms with E-state index < -0.39 is 11.1 Å². The molecular formula is C25H48N10O. The van der Waals surface area contributed by atoms with Crippen molar-refractivity contribution in [1.82, 2.24) is 4.90 Å². The monoisotopic (exact) mass is 504 g/mol. The fraction of sp³-hybridized carbons (Fsp3) is 0.920. The second-order valence-electron chi connectivity index (χ2n) is 12.8. The summed E-state index contributed by atoms with van der Waals surface area (Å²) >= 11 is 0. The molecule has 36 heavy (non-hydrogen) atoms. The molecule has 1 fully saturated rings. The highest BCUT2D eigenvalue weighted by Crippen LogP contribution is 2.62. The summed E-state index contributed by atoms with van der Waals surface area (Å²) in [6.45, 7) is 22.1. The maximum Gasteiger partial charge on any atom is 0.0686 e. The van der Waals surface area contributed by atoms with E-state index in [1.54, 1.807) is 0 Å². The molecule has 0 radical (unpaired) electrons. The van der Waals surface area contributed by atoms with Gasteiger partial charge in [0.05, 0.1) is 17.2 Å². The number of nitrogens with one attached hydrogen (secondary N) is 2. The Kier molecular flexibility index (Phi) is 9.80. The van der Waals surface area contributed by atoms with Crippen LogP contribution in [0.25, 0.3) is 20.9 Å². The second-order valence-corrected chi connectivity index (χ2v) is 12.8. The van der Waals surface area contributed by atoms with Crippen molar-refractivity contribution in [2.24, 2.45) is 37.6 Å². The van der Waals surface area contributed by atoms with E-state index in [4.69, 9.17) is 32.4 Å². The first-order valence-corrected chi connectivity index (χ1v) is 12.6. The fourth-order valence-electron chi connectivity index (χ4n) is 5.69. The summed E-state index contributed by atoms with van der Waals surface area (Å²) in [6.07, 6.45) is 3.53. The minimum absolute atomic E-state index is 0.0344. The van der Waals surface area contributed by atoms with Crippen LogP contribution in [0.5, 0.6) is 0 Å². The van der Waals surface area contributed by atoms with Gasteiger partial charge >= 0.3 is 0 Å². The third-order valence-corrected chi connectivity index (χ3v) is 10.4. The van der Waals surface area contributed by atoms with Crippen LogP contribution >= 0.6 is 0 Å². The molecule has 1 saturated heterocycles. The van der Waals surface area contributed by atoms with Gasteiger partial charge in [0.15, 0.2) is 0 Å². The largest absolute Gasteiger partial charge is 0.372 e. The second kappa shape index (κ2) is 11.1. The summed E-state index contributed by atoms with van der Waals surface area (Å²) in [5.41, 5.74) is 21.3. The first-order chi connectivity index (χ1) is 16.4. The Labute approximate surface area is 216 Å². The van der Waals surface area contributed by atoms with E-state index in [1.165, 1.54) is 12.4 Å². The number of likely N-dealkylation sites (tertiary alicyclic amines) is 1. The van der Waals surface area contributed by atoms with Crippen LogP contribution in [0, 0.1) is 32.5 Å². The molecule has 0 aliphatic carbocycles. The number of azide groups is 2. The number of hydrogen-bond donors (Lipinski definition) is 3. The Balaban J connectivity index is 3.50. The Morgan fingerprint density at radius 1 is 0.972 bits per heavy atom. The zero-order valence-corrected chi connectivity index (χ0v) is 24.0. The van der Waals surface area contributed by atoms with Crippen molar-refractivity contribution in [3.05, 3.63) is 20.9 Å². The van der Waals surface area contributed by atoms with Crippen LogP contribution in [-0.2, 0) is 4.74 Å². The van der Waals surface area contributed by atoms with Gasteiger partial charge in [0.2, 0.25) is 0 Å². The number of rotatable bonds is 13. The normalized spacial score (nSPS) is 24.4. The molecule has 3 unspecified atom stereocenters. The molecule has 204 valence electrons. The van der Waals surface area contributed by atoms with Crippen molar-refractivity contribution in [2.75, 3.05) is 19.8 Å². The highest BCUT2D eigenvalue weighted by atomic mass is 16.5. The van der Waals surface area contributed by atoms with Crippen molar-refractivity contribution in [3.63, 3.8) is 0 Å². The number of hydrogen-bond acceptors (Lipinski definition) is 7. The molecule has 0 spiro atoms. The molecule has 1 heterocycles. The summed E-state index contributed by atoms with van der Waals surface area (Å²) < 4.78 is 6.91. The lowest BCUT2D eigenvalue weighted by Gasteiger charge is -2.62. The predicted octanol–water partition coefficient (Wildman–Crippen LogP) is 6.29. The Bertz CT molecular complexity index is 897. The van der Waals surface area contributed by atoms with Crippen LogP contribution in [0.3, 0.4) is 0 Å². The van der Waals surface area contributed by atoms with Crippen LogP contribution in [-0.4, -0.2) is 60.4 Å². The lowest BCUT2D eigenvalue weighted by Crippen LogP contribution is -2.66. The number of nitrogens with two attached hydrogens (primary N) is 1. The van der Waals surface area contributed by atoms with Gasteiger partial charge in [-0.15, -0.1) is 0 Å². The molecule has 0 aromatic carbocycles. The zero-order chi connectivity index (χ0) is 28.2. The maximum atomic E-state index is 9.00. The van der Waals surface area contributed by atoms with E-state index in [0.717, 1.165) is 0 Å². The van der Waals surface area contributed by atoms with Gasteiger partial charge in [-0.2, -0.15) is 0 Å². The van der Waals surface area contributed by atoms with Crippen LogP contribution in [0.2, 0.25) is 0 Å². The van der Waals surface area contributed by atoms with Gasteiger partial charge in [-0.1, -0.05) is 65.6 Å². The van der Waals surface area contributed by atoms with E-state index in [1.807, 2.05) is 4.90 Å². The SMILES string of the molecule is CC(C)(C=N)C(C)(C)C(C)(C)C(C)(C)C(C)(C)OC1CC(CN=[N+]=[N-])N(CN)C(C=N)(CN=[N+]=[N-])C1. The number of ether oxygens (including phenoxy) is 1. The highest BCUT2D eigenvalue weighted by Gasteiger charge is 2.60. The first kappa shape index (κ1) is 31.9. The molecule has 0 amide bonds. The molecule has 11 heteroatoms. The van der Waals surface area contributed by atoms with Crippen LogP contribution in [0.15, 0.2) is 10.2 Å². The average molecular weight is 505 g/mol. The van der Waals surface area contributed by atoms with E-state index >= 15 is 0 Å². The average Bonchev–Trinajstić information content (AvgIpc) is 2.80. The highest BCUT2D eigenvalue weighted by molar-refractivity contribution is 5.68. The van der Waals surface area contributed by atoms with E-state index in [-0.39, 0.29) is 53.6 Å². The Morgan fingerprint density at radius 2 is 1.53 bits per heavy atom. The molecule has 0 aromatic rings. The quantitative estimate of drug-likeness (QED) is 0.115. The fourth-order valence-corrected chi connectivity index (χ4v) is 5.69. The van der Waals surface area contributed by atoms with Crippen LogP contribution in [0.4, 0.5) is 0 Å². The number of nitrogens with zero attached hydrogens (tertiary/aromatic N) is 7. The molecule has 0 aromatic heterocycles. The van der Waals surface area contributed by atoms with Gasteiger partial charge < -0.3 is 21.3 Å². The lowest BCUT2D eigenvalue weighted by molar-refractivity contribution is -0.219. The summed E-state index contributed by atoms with van der Waals surface area (Å²) in [7, 11) is 0. The molecular weight excluding hydrogens is 456 g/mol. The summed E-state index contributed by atoms with van der Waals surface area (Å²) in [6, 6.07) is -0.264. The van der Waals surface area contributed by atoms with Gasteiger partial charge in [-0.3, -0.25) is 4.90 Å². The van der Waals surface area contributed by atoms with Crippen LogP contribution in [0.1, 0.15) is 82.1 Å². The topological polar surface area (TPSA) is 184 Å². The molecule has 11 nitrogen and oxygen atoms in total. The van der Waals surface area contributed by atoms with Crippen molar-refractivity contribution < 1.29 is 4.74 Å². The molecule has 1 aliphatic heterocycles. The van der Waals surface area contributed by atoms with E-state index in [0.29, 0.717) is 12.8 Å². The minimum Gasteiger partial charge on any atom is -0.372 e. The van der Waals surface area contributed by atoms with Crippen molar-refractivity contribution in [1.29, 1.82) is 10.8 Å². The summed E-state index contributed by atoms with van der Waals surface area (Å²) in [4.78, 5) is 7.73. The van der Waals surface area contributed by atoms with Crippen molar-refractivity contribution in [3.8, 4) is 0 Å². The van der Waals surface area contributed by atoms with Crippen molar-refractivity contribution >= 4 is 12.4 Å². The third-order valence-electron chi connectivity index (χ3n) is 10.4. The van der Waals surface area contributed by atoms with Crippen LogP contribution < -0.4 is 5.73 Å². The molecule has 3 atom stereocenters. The summed E-state index contributed by atoms with van der Waals surface area (Å²) in [5.74, 6) is 0. The standard InChI is InChI=1S/C25H48N10O/c1-20(2,14-26)21(3,4)22(5,6)23(7,8)24(9,10)36-19-11-18(13-31-33-29)35(17-28)25(12-19,15-27)16-32-34-30/h14-15,18-19,26-27H,11-13,16-17,28H2,1-10H3.